The van der Waals surface area contributed by atoms with Crippen LogP contribution in [-0.2, 0) is 4.79 Å². The molecule has 2 aromatic rings. The summed E-state index contributed by atoms with van der Waals surface area (Å²) >= 11 is 1.48. The van der Waals surface area contributed by atoms with E-state index in [1.807, 2.05) is 24.3 Å². The van der Waals surface area contributed by atoms with Gasteiger partial charge in [-0.25, -0.2) is 4.98 Å². The standard InChI is InChI=1S/C18H25N5OS/c1-12-10-13(2)23-17(19-12)20-21-18(23)25-11-16(24)22-9-5-7-14-6-3-4-8-15(14)22/h10,14-15H,3-9,11H2,1-2H3/t14-,15+/m1/s1. The van der Waals surface area contributed by atoms with Crippen molar-refractivity contribution in [2.75, 3.05) is 12.3 Å². The maximum atomic E-state index is 12.9. The van der Waals surface area contributed by atoms with Gasteiger partial charge in [0.25, 0.3) is 5.78 Å². The molecule has 0 radical (unpaired) electrons. The Labute approximate surface area is 152 Å². The van der Waals surface area contributed by atoms with Crippen molar-refractivity contribution in [3.8, 4) is 0 Å². The van der Waals surface area contributed by atoms with Crippen LogP contribution in [0.5, 0.6) is 0 Å². The number of thioether (sulfide) groups is 1. The maximum absolute atomic E-state index is 12.9. The van der Waals surface area contributed by atoms with Crippen molar-refractivity contribution in [3.63, 3.8) is 0 Å². The summed E-state index contributed by atoms with van der Waals surface area (Å²) in [6.07, 6.45) is 7.50. The van der Waals surface area contributed by atoms with Crippen molar-refractivity contribution in [1.82, 2.24) is 24.5 Å². The molecule has 2 fully saturated rings. The van der Waals surface area contributed by atoms with E-state index in [-0.39, 0.29) is 5.91 Å². The Hall–Kier alpha value is -1.63. The lowest BCUT2D eigenvalue weighted by Gasteiger charge is -2.44. The average molecular weight is 359 g/mol. The van der Waals surface area contributed by atoms with Crippen LogP contribution in [0.2, 0.25) is 0 Å². The molecule has 0 spiro atoms. The van der Waals surface area contributed by atoms with Gasteiger partial charge in [0.1, 0.15) is 0 Å². The molecule has 2 atom stereocenters. The second kappa shape index (κ2) is 6.94. The Balaban J connectivity index is 1.47. The van der Waals surface area contributed by atoms with Gasteiger partial charge in [0.15, 0.2) is 5.16 Å². The minimum atomic E-state index is 0.246. The fourth-order valence-electron chi connectivity index (χ4n) is 4.44. The highest BCUT2D eigenvalue weighted by atomic mass is 32.2. The number of amides is 1. The second-order valence-corrected chi connectivity index (χ2v) is 8.23. The lowest BCUT2D eigenvalue weighted by molar-refractivity contribution is -0.134. The molecule has 4 rings (SSSR count). The van der Waals surface area contributed by atoms with Crippen molar-refractivity contribution in [1.29, 1.82) is 0 Å². The van der Waals surface area contributed by atoms with Crippen LogP contribution in [0.1, 0.15) is 49.9 Å². The molecule has 2 aromatic heterocycles. The summed E-state index contributed by atoms with van der Waals surface area (Å²) in [6, 6.07) is 2.48. The molecule has 3 heterocycles. The van der Waals surface area contributed by atoms with Crippen LogP contribution in [0.3, 0.4) is 0 Å². The van der Waals surface area contributed by atoms with Gasteiger partial charge in [-0.3, -0.25) is 9.20 Å². The van der Waals surface area contributed by atoms with Crippen LogP contribution in [0, 0.1) is 19.8 Å². The molecule has 25 heavy (non-hydrogen) atoms. The van der Waals surface area contributed by atoms with Gasteiger partial charge < -0.3 is 4.90 Å². The maximum Gasteiger partial charge on any atom is 0.256 e. The number of carbonyl (C=O) groups excluding carboxylic acids is 1. The molecule has 0 N–H and O–H groups in total. The molecule has 1 amide bonds. The number of hydrogen-bond donors (Lipinski definition) is 0. The lowest BCUT2D eigenvalue weighted by atomic mass is 9.78. The molecule has 0 aromatic carbocycles. The van der Waals surface area contributed by atoms with Gasteiger partial charge in [-0.05, 0) is 51.5 Å². The summed E-state index contributed by atoms with van der Waals surface area (Å²) in [6.45, 7) is 4.89. The third-order valence-corrected chi connectivity index (χ3v) is 6.47. The zero-order valence-electron chi connectivity index (χ0n) is 14.9. The van der Waals surface area contributed by atoms with Crippen molar-refractivity contribution < 1.29 is 4.79 Å². The number of aromatic nitrogens is 4. The SMILES string of the molecule is Cc1cc(C)n2c(SCC(=O)N3CCC[C@H]4CCCC[C@@H]43)nnc2n1. The van der Waals surface area contributed by atoms with Crippen LogP contribution in [0.15, 0.2) is 11.2 Å². The Bertz CT molecular complexity index is 787. The number of fused-ring (bicyclic) bond motifs is 2. The molecule has 1 aliphatic carbocycles. The lowest BCUT2D eigenvalue weighted by Crippen LogP contribution is -2.50. The summed E-state index contributed by atoms with van der Waals surface area (Å²) in [4.78, 5) is 19.4. The van der Waals surface area contributed by atoms with Crippen LogP contribution in [-0.4, -0.2) is 48.7 Å². The predicted molar refractivity (Wildman–Crippen MR) is 97.7 cm³/mol. The second-order valence-electron chi connectivity index (χ2n) is 7.29. The number of hydrogen-bond acceptors (Lipinski definition) is 5. The van der Waals surface area contributed by atoms with Crippen molar-refractivity contribution in [2.24, 2.45) is 5.92 Å². The third kappa shape index (κ3) is 3.26. The zero-order chi connectivity index (χ0) is 17.4. The van der Waals surface area contributed by atoms with Crippen molar-refractivity contribution in [3.05, 3.63) is 17.5 Å². The van der Waals surface area contributed by atoms with E-state index in [1.165, 1.54) is 43.9 Å². The largest absolute Gasteiger partial charge is 0.339 e. The smallest absolute Gasteiger partial charge is 0.256 e. The van der Waals surface area contributed by atoms with Crippen LogP contribution >= 0.6 is 11.8 Å². The van der Waals surface area contributed by atoms with Crippen LogP contribution in [0.4, 0.5) is 0 Å². The molecule has 0 unspecified atom stereocenters. The number of rotatable bonds is 3. The van der Waals surface area contributed by atoms with E-state index in [0.29, 0.717) is 17.6 Å². The summed E-state index contributed by atoms with van der Waals surface area (Å²) in [5, 5.41) is 9.15. The van der Waals surface area contributed by atoms with Gasteiger partial charge in [-0.15, -0.1) is 10.2 Å². The number of nitrogens with zero attached hydrogens (tertiary/aromatic N) is 5. The Morgan fingerprint density at radius 1 is 1.20 bits per heavy atom. The van der Waals surface area contributed by atoms with Crippen molar-refractivity contribution in [2.45, 2.75) is 63.6 Å². The Kier molecular flexibility index (Phi) is 4.67. The monoisotopic (exact) mass is 359 g/mol. The number of carbonyl (C=O) groups is 1. The summed E-state index contributed by atoms with van der Waals surface area (Å²) in [7, 11) is 0. The third-order valence-electron chi connectivity index (χ3n) is 5.55. The molecule has 6 nitrogen and oxygen atoms in total. The van der Waals surface area contributed by atoms with E-state index >= 15 is 0 Å². The van der Waals surface area contributed by atoms with Gasteiger partial charge in [0, 0.05) is 24.0 Å². The molecule has 1 saturated heterocycles. The zero-order valence-corrected chi connectivity index (χ0v) is 15.8. The number of likely N-dealkylation sites (tertiary alicyclic amines) is 1. The van der Waals surface area contributed by atoms with E-state index in [9.17, 15) is 4.79 Å². The molecule has 0 bridgehead atoms. The highest BCUT2D eigenvalue weighted by Gasteiger charge is 2.35. The minimum Gasteiger partial charge on any atom is -0.339 e. The first-order valence-corrected chi connectivity index (χ1v) is 10.2. The molecule has 7 heteroatoms. The van der Waals surface area contributed by atoms with Crippen LogP contribution in [0.25, 0.3) is 5.78 Å². The summed E-state index contributed by atoms with van der Waals surface area (Å²) < 4.78 is 1.94. The van der Waals surface area contributed by atoms with E-state index in [4.69, 9.17) is 0 Å². The molecule has 1 aliphatic heterocycles. The van der Waals surface area contributed by atoms with E-state index in [2.05, 4.69) is 20.1 Å². The highest BCUT2D eigenvalue weighted by molar-refractivity contribution is 7.99. The number of piperidine rings is 1. The predicted octanol–water partition coefficient (Wildman–Crippen LogP) is 3.01. The molecule has 1 saturated carbocycles. The fraction of sp³-hybridized carbons (Fsp3) is 0.667. The number of aryl methyl sites for hydroxylation is 2. The normalized spacial score (nSPS) is 23.7. The van der Waals surface area contributed by atoms with E-state index in [0.717, 1.165) is 35.4 Å². The first-order valence-electron chi connectivity index (χ1n) is 9.25. The van der Waals surface area contributed by atoms with Gasteiger partial charge >= 0.3 is 0 Å². The molecule has 134 valence electrons. The van der Waals surface area contributed by atoms with E-state index < -0.39 is 0 Å². The Morgan fingerprint density at radius 3 is 2.88 bits per heavy atom. The first kappa shape index (κ1) is 16.8. The molecule has 2 aliphatic rings. The van der Waals surface area contributed by atoms with Crippen molar-refractivity contribution >= 4 is 23.4 Å². The van der Waals surface area contributed by atoms with E-state index in [1.54, 1.807) is 0 Å². The fourth-order valence-corrected chi connectivity index (χ4v) is 5.31. The molecular formula is C18H25N5OS. The Morgan fingerprint density at radius 2 is 2.00 bits per heavy atom. The van der Waals surface area contributed by atoms with Gasteiger partial charge in [0.05, 0.1) is 5.75 Å². The first-order chi connectivity index (χ1) is 12.1. The van der Waals surface area contributed by atoms with Crippen LogP contribution < -0.4 is 0 Å². The van der Waals surface area contributed by atoms with Gasteiger partial charge in [0.2, 0.25) is 5.91 Å². The summed E-state index contributed by atoms with van der Waals surface area (Å²) in [5.74, 6) is 2.01. The van der Waals surface area contributed by atoms with Gasteiger partial charge in [-0.2, -0.15) is 0 Å². The quantitative estimate of drug-likeness (QED) is 0.788. The average Bonchev–Trinajstić information content (AvgIpc) is 3.02. The topological polar surface area (TPSA) is 63.4 Å². The summed E-state index contributed by atoms with van der Waals surface area (Å²) in [5.41, 5.74) is 1.98. The van der Waals surface area contributed by atoms with Gasteiger partial charge in [-0.1, -0.05) is 24.6 Å². The highest BCUT2D eigenvalue weighted by Crippen LogP contribution is 2.35. The molecular weight excluding hydrogens is 334 g/mol. The minimum absolute atomic E-state index is 0.246.